The number of rotatable bonds is 3. The van der Waals surface area contributed by atoms with Crippen LogP contribution in [0.15, 0.2) is 23.3 Å². The first-order valence-corrected chi connectivity index (χ1v) is 13.6. The van der Waals surface area contributed by atoms with Crippen LogP contribution in [0.3, 0.4) is 0 Å². The van der Waals surface area contributed by atoms with Crippen LogP contribution in [0.4, 0.5) is 0 Å². The molecule has 0 aromatic rings. The maximum atomic E-state index is 11.9. The Labute approximate surface area is 201 Å². The summed E-state index contributed by atoms with van der Waals surface area (Å²) >= 11 is 0. The number of allylic oxidation sites excluding steroid dienone is 2. The first kappa shape index (κ1) is 23.6. The highest BCUT2D eigenvalue weighted by Gasteiger charge is 2.65. The molecule has 3 saturated carbocycles. The van der Waals surface area contributed by atoms with Crippen molar-refractivity contribution in [3.8, 4) is 0 Å². The molecule has 3 fully saturated rings. The Bertz CT molecular complexity index is 898. The van der Waals surface area contributed by atoms with Crippen LogP contribution in [-0.2, 0) is 9.53 Å². The first-order valence-electron chi connectivity index (χ1n) is 13.6. The van der Waals surface area contributed by atoms with Crippen LogP contribution >= 0.6 is 0 Å². The molecular formula is C30H46O3. The lowest BCUT2D eigenvalue weighted by Crippen LogP contribution is -2.58. The summed E-state index contributed by atoms with van der Waals surface area (Å²) in [5, 5.41) is 10.8. The smallest absolute Gasteiger partial charge is 0.334 e. The maximum Gasteiger partial charge on any atom is 0.334 e. The molecule has 1 heterocycles. The van der Waals surface area contributed by atoms with E-state index in [4.69, 9.17) is 4.74 Å². The van der Waals surface area contributed by atoms with E-state index in [9.17, 15) is 9.90 Å². The average molecular weight is 455 g/mol. The molecular weight excluding hydrogens is 408 g/mol. The monoisotopic (exact) mass is 454 g/mol. The van der Waals surface area contributed by atoms with Gasteiger partial charge in [-0.1, -0.05) is 53.2 Å². The molecule has 184 valence electrons. The van der Waals surface area contributed by atoms with Gasteiger partial charge in [-0.15, -0.1) is 0 Å². The van der Waals surface area contributed by atoms with E-state index in [-0.39, 0.29) is 29.0 Å². The third kappa shape index (κ3) is 3.13. The van der Waals surface area contributed by atoms with Crippen LogP contribution in [-0.4, -0.2) is 23.3 Å². The summed E-state index contributed by atoms with van der Waals surface area (Å²) in [6.45, 7) is 16.6. The van der Waals surface area contributed by atoms with Gasteiger partial charge in [0.15, 0.2) is 0 Å². The van der Waals surface area contributed by atoms with Gasteiger partial charge in [0.05, 0.1) is 6.10 Å². The molecule has 0 radical (unpaired) electrons. The van der Waals surface area contributed by atoms with Crippen LogP contribution in [0.2, 0.25) is 0 Å². The van der Waals surface area contributed by atoms with Gasteiger partial charge in [0.1, 0.15) is 6.10 Å². The van der Waals surface area contributed by atoms with Gasteiger partial charge in [-0.3, -0.25) is 0 Å². The summed E-state index contributed by atoms with van der Waals surface area (Å²) in [6.07, 6.45) is 13.8. The molecule has 0 bridgehead atoms. The van der Waals surface area contributed by atoms with Gasteiger partial charge in [-0.05, 0) is 110 Å². The van der Waals surface area contributed by atoms with E-state index in [1.165, 1.54) is 25.7 Å². The van der Waals surface area contributed by atoms with Crippen molar-refractivity contribution in [3.05, 3.63) is 23.3 Å². The Morgan fingerprint density at radius 1 is 1.09 bits per heavy atom. The Hall–Kier alpha value is -1.09. The molecule has 0 saturated heterocycles. The lowest BCUT2D eigenvalue weighted by Gasteiger charge is -2.64. The zero-order chi connectivity index (χ0) is 24.0. The Morgan fingerprint density at radius 2 is 1.82 bits per heavy atom. The quantitative estimate of drug-likeness (QED) is 0.375. The van der Waals surface area contributed by atoms with Crippen LogP contribution in [0.25, 0.3) is 0 Å². The highest BCUT2D eigenvalue weighted by atomic mass is 16.5. The van der Waals surface area contributed by atoms with Crippen molar-refractivity contribution in [3.63, 3.8) is 0 Å². The van der Waals surface area contributed by atoms with Crippen molar-refractivity contribution in [2.45, 2.75) is 112 Å². The molecule has 0 amide bonds. The minimum absolute atomic E-state index is 0.00617. The molecule has 0 aromatic carbocycles. The molecule has 0 spiro atoms. The highest BCUT2D eigenvalue weighted by Crippen LogP contribution is 2.73. The van der Waals surface area contributed by atoms with E-state index in [0.717, 1.165) is 31.3 Å². The van der Waals surface area contributed by atoms with Gasteiger partial charge < -0.3 is 9.84 Å². The van der Waals surface area contributed by atoms with E-state index in [1.54, 1.807) is 5.57 Å². The van der Waals surface area contributed by atoms with Gasteiger partial charge in [-0.25, -0.2) is 4.79 Å². The molecule has 5 rings (SSSR count). The molecule has 0 unspecified atom stereocenters. The summed E-state index contributed by atoms with van der Waals surface area (Å²) in [6, 6.07) is 0. The summed E-state index contributed by atoms with van der Waals surface area (Å²) in [4.78, 5) is 11.9. The number of ether oxygens (including phenoxy) is 1. The molecule has 33 heavy (non-hydrogen) atoms. The molecule has 5 aliphatic rings. The number of cyclic esters (lactones) is 1. The van der Waals surface area contributed by atoms with E-state index in [2.05, 4.69) is 47.6 Å². The summed E-state index contributed by atoms with van der Waals surface area (Å²) in [5.74, 6) is 2.32. The fraction of sp³-hybridized carbons (Fsp3) is 0.833. The van der Waals surface area contributed by atoms with Crippen LogP contribution in [0, 0.1) is 45.3 Å². The summed E-state index contributed by atoms with van der Waals surface area (Å²) in [5.41, 5.74) is 3.41. The van der Waals surface area contributed by atoms with Crippen molar-refractivity contribution in [1.82, 2.24) is 0 Å². The topological polar surface area (TPSA) is 46.5 Å². The lowest BCUT2D eigenvalue weighted by atomic mass is 9.41. The minimum atomic E-state index is -0.172. The first-order chi connectivity index (χ1) is 15.3. The fourth-order valence-electron chi connectivity index (χ4n) is 9.91. The van der Waals surface area contributed by atoms with Crippen LogP contribution < -0.4 is 0 Å². The average Bonchev–Trinajstić information content (AvgIpc) is 3.20. The number of hydrogen-bond acceptors (Lipinski definition) is 3. The van der Waals surface area contributed by atoms with E-state index in [0.29, 0.717) is 34.5 Å². The molecule has 3 nitrogen and oxygen atoms in total. The normalized spacial score (nSPS) is 49.3. The van der Waals surface area contributed by atoms with Crippen molar-refractivity contribution < 1.29 is 14.6 Å². The van der Waals surface area contributed by atoms with Gasteiger partial charge in [0.2, 0.25) is 0 Å². The molecule has 3 heteroatoms. The van der Waals surface area contributed by atoms with E-state index >= 15 is 0 Å². The van der Waals surface area contributed by atoms with Crippen LogP contribution in [0.1, 0.15) is 99.8 Å². The minimum Gasteiger partial charge on any atom is -0.455 e. The fourth-order valence-corrected chi connectivity index (χ4v) is 9.91. The molecule has 1 N–H and O–H groups in total. The van der Waals surface area contributed by atoms with E-state index in [1.807, 2.05) is 13.0 Å². The predicted molar refractivity (Wildman–Crippen MR) is 132 cm³/mol. The standard InChI is InChI=1S/C30H46O3/c1-18(16-20-17-19(2)26(32)33-20)21-10-14-30(7)23-8-9-24-27(3,4)25(31)12-13-28(24,5)22(23)11-15-29(21,30)6/h8,17-18,20-22,24-25,31H,9-16H2,1-7H3/t18-,20-,21-,22-,24-,25-,28-,29-,30+/m1/s1. The number of hydrogen-bond donors (Lipinski definition) is 1. The number of carbonyl (C=O) groups excluding carboxylic acids is 1. The zero-order valence-corrected chi connectivity index (χ0v) is 22.0. The molecule has 9 atom stereocenters. The van der Waals surface area contributed by atoms with Crippen LogP contribution in [0.5, 0.6) is 0 Å². The number of fused-ring (bicyclic) bond motifs is 5. The Kier molecular flexibility index (Phi) is 5.34. The van der Waals surface area contributed by atoms with Gasteiger partial charge in [-0.2, -0.15) is 0 Å². The SMILES string of the molecule is CC1=C[C@@H](C[C@@H](C)[C@H]2CC[C@@]3(C)C4=CC[C@@H]5C(C)(C)[C@H](O)CC[C@]5(C)[C@@H]4CC[C@]23C)OC1=O. The number of aliphatic hydroxyl groups excluding tert-OH is 1. The third-order valence-electron chi connectivity index (χ3n) is 12.2. The number of aliphatic hydroxyl groups is 1. The Balaban J connectivity index is 1.42. The van der Waals surface area contributed by atoms with Crippen molar-refractivity contribution in [1.29, 1.82) is 0 Å². The number of carbonyl (C=O) groups is 1. The third-order valence-corrected chi connectivity index (χ3v) is 12.2. The second kappa shape index (κ2) is 7.45. The largest absolute Gasteiger partial charge is 0.455 e. The van der Waals surface area contributed by atoms with Crippen molar-refractivity contribution >= 4 is 5.97 Å². The van der Waals surface area contributed by atoms with Gasteiger partial charge >= 0.3 is 5.97 Å². The maximum absolute atomic E-state index is 11.9. The summed E-state index contributed by atoms with van der Waals surface area (Å²) < 4.78 is 5.62. The molecule has 0 aromatic heterocycles. The van der Waals surface area contributed by atoms with Crippen molar-refractivity contribution in [2.75, 3.05) is 0 Å². The Morgan fingerprint density at radius 3 is 2.48 bits per heavy atom. The predicted octanol–water partition coefficient (Wildman–Crippen LogP) is 6.85. The molecule has 1 aliphatic heterocycles. The second-order valence-corrected chi connectivity index (χ2v) is 13.8. The summed E-state index contributed by atoms with van der Waals surface area (Å²) in [7, 11) is 0. The van der Waals surface area contributed by atoms with Crippen molar-refractivity contribution in [2.24, 2.45) is 45.3 Å². The number of esters is 1. The zero-order valence-electron chi connectivity index (χ0n) is 22.0. The lowest BCUT2D eigenvalue weighted by molar-refractivity contribution is -0.140. The molecule has 4 aliphatic carbocycles. The van der Waals surface area contributed by atoms with Gasteiger partial charge in [0, 0.05) is 5.57 Å². The van der Waals surface area contributed by atoms with Gasteiger partial charge in [0.25, 0.3) is 0 Å². The highest BCUT2D eigenvalue weighted by molar-refractivity contribution is 5.90. The second-order valence-electron chi connectivity index (χ2n) is 13.8. The van der Waals surface area contributed by atoms with E-state index < -0.39 is 0 Å².